The average Bonchev–Trinajstić information content (AvgIpc) is 2.41. The van der Waals surface area contributed by atoms with Gasteiger partial charge in [-0.3, -0.25) is 19.2 Å². The number of carboxylic acid groups (broad SMARTS) is 1. The largest absolute Gasteiger partial charge is 0.480 e. The van der Waals surface area contributed by atoms with E-state index in [-0.39, 0.29) is 36.9 Å². The van der Waals surface area contributed by atoms with Crippen LogP contribution in [0, 0.1) is 0 Å². The van der Waals surface area contributed by atoms with E-state index in [9.17, 15) is 19.2 Å². The van der Waals surface area contributed by atoms with Gasteiger partial charge in [-0.2, -0.15) is 0 Å². The van der Waals surface area contributed by atoms with Crippen molar-refractivity contribution in [2.24, 2.45) is 5.73 Å². The molecule has 0 saturated carbocycles. The number of hydrogen-bond donors (Lipinski definition) is 4. The van der Waals surface area contributed by atoms with Gasteiger partial charge in [0.05, 0.1) is 6.04 Å². The predicted molar refractivity (Wildman–Crippen MR) is 80.0 cm³/mol. The molecule has 2 amide bonds. The lowest BCUT2D eigenvalue weighted by molar-refractivity contribution is -0.143. The number of hydrogen-bond acceptors (Lipinski definition) is 5. The van der Waals surface area contributed by atoms with Crippen molar-refractivity contribution < 1.29 is 24.3 Å². The van der Waals surface area contributed by atoms with Gasteiger partial charge in [-0.25, -0.2) is 0 Å². The quantitative estimate of drug-likeness (QED) is 0.403. The van der Waals surface area contributed by atoms with E-state index in [1.165, 1.54) is 13.8 Å². The third kappa shape index (κ3) is 8.35. The van der Waals surface area contributed by atoms with Gasteiger partial charge in [-0.1, -0.05) is 0 Å². The first kappa shape index (κ1) is 20.0. The highest BCUT2D eigenvalue weighted by molar-refractivity contribution is 5.87. The standard InChI is InChI=1S/C14H25N3O5/c1-9(10(2)18)17-12(20)5-4-8-16-11(19)6-7-14(3,15)13(21)22/h9H,4-8,15H2,1-3H3,(H,16,19)(H,17,20)(H,21,22)/t9-,14?/m0/s1. The second kappa shape index (κ2) is 9.14. The lowest BCUT2D eigenvalue weighted by Crippen LogP contribution is -2.45. The molecule has 126 valence electrons. The van der Waals surface area contributed by atoms with Crippen LogP contribution < -0.4 is 16.4 Å². The first-order chi connectivity index (χ1) is 10.1. The van der Waals surface area contributed by atoms with Gasteiger partial charge in [-0.15, -0.1) is 0 Å². The van der Waals surface area contributed by atoms with E-state index < -0.39 is 17.6 Å². The van der Waals surface area contributed by atoms with Gasteiger partial charge in [0.1, 0.15) is 5.54 Å². The Labute approximate surface area is 129 Å². The summed E-state index contributed by atoms with van der Waals surface area (Å²) in [6.07, 6.45) is 0.667. The van der Waals surface area contributed by atoms with Gasteiger partial charge < -0.3 is 21.5 Å². The summed E-state index contributed by atoms with van der Waals surface area (Å²) >= 11 is 0. The Morgan fingerprint density at radius 1 is 1.18 bits per heavy atom. The molecule has 0 radical (unpaired) electrons. The van der Waals surface area contributed by atoms with Crippen LogP contribution in [-0.4, -0.2) is 46.8 Å². The summed E-state index contributed by atoms with van der Waals surface area (Å²) < 4.78 is 0. The molecular formula is C14H25N3O5. The molecule has 8 heteroatoms. The zero-order valence-corrected chi connectivity index (χ0v) is 13.3. The van der Waals surface area contributed by atoms with Gasteiger partial charge in [-0.05, 0) is 33.6 Å². The van der Waals surface area contributed by atoms with E-state index in [4.69, 9.17) is 10.8 Å². The van der Waals surface area contributed by atoms with E-state index >= 15 is 0 Å². The summed E-state index contributed by atoms with van der Waals surface area (Å²) in [6.45, 7) is 4.65. The Balaban J connectivity index is 3.84. The van der Waals surface area contributed by atoms with Crippen LogP contribution in [0.2, 0.25) is 0 Å². The lowest BCUT2D eigenvalue weighted by Gasteiger charge is -2.18. The van der Waals surface area contributed by atoms with Gasteiger partial charge in [0.15, 0.2) is 5.78 Å². The van der Waals surface area contributed by atoms with E-state index in [1.54, 1.807) is 6.92 Å². The fourth-order valence-electron chi connectivity index (χ4n) is 1.46. The van der Waals surface area contributed by atoms with Crippen LogP contribution in [0.3, 0.4) is 0 Å². The molecular weight excluding hydrogens is 290 g/mol. The SMILES string of the molecule is CC(=O)[C@H](C)NC(=O)CCCNC(=O)CCC(C)(N)C(=O)O. The van der Waals surface area contributed by atoms with Crippen molar-refractivity contribution in [2.45, 2.75) is 58.0 Å². The van der Waals surface area contributed by atoms with Crippen LogP contribution in [0.5, 0.6) is 0 Å². The third-order valence-electron chi connectivity index (χ3n) is 3.25. The van der Waals surface area contributed by atoms with Crippen LogP contribution in [-0.2, 0) is 19.2 Å². The lowest BCUT2D eigenvalue weighted by atomic mass is 9.97. The maximum Gasteiger partial charge on any atom is 0.323 e. The minimum Gasteiger partial charge on any atom is -0.480 e. The van der Waals surface area contributed by atoms with E-state index in [1.807, 2.05) is 0 Å². The highest BCUT2D eigenvalue weighted by Gasteiger charge is 2.28. The van der Waals surface area contributed by atoms with Crippen molar-refractivity contribution in [2.75, 3.05) is 6.54 Å². The average molecular weight is 315 g/mol. The molecule has 0 aromatic rings. The molecule has 0 spiro atoms. The molecule has 8 nitrogen and oxygen atoms in total. The summed E-state index contributed by atoms with van der Waals surface area (Å²) in [7, 11) is 0. The second-order valence-electron chi connectivity index (χ2n) is 5.58. The van der Waals surface area contributed by atoms with Crippen LogP contribution in [0.15, 0.2) is 0 Å². The molecule has 0 rings (SSSR count). The fraction of sp³-hybridized carbons (Fsp3) is 0.714. The minimum absolute atomic E-state index is 0.00681. The van der Waals surface area contributed by atoms with Gasteiger partial charge in [0, 0.05) is 19.4 Å². The predicted octanol–water partition coefficient (Wildman–Crippen LogP) is -0.441. The Morgan fingerprint density at radius 2 is 1.77 bits per heavy atom. The van der Waals surface area contributed by atoms with Crippen molar-refractivity contribution >= 4 is 23.6 Å². The first-order valence-electron chi connectivity index (χ1n) is 7.15. The van der Waals surface area contributed by atoms with Crippen molar-refractivity contribution in [1.29, 1.82) is 0 Å². The number of nitrogens with one attached hydrogen (secondary N) is 2. The number of Topliss-reactive ketones (excluding diaryl/α,β-unsaturated/α-hetero) is 1. The van der Waals surface area contributed by atoms with Crippen LogP contribution in [0.25, 0.3) is 0 Å². The highest BCUT2D eigenvalue weighted by Crippen LogP contribution is 2.08. The Morgan fingerprint density at radius 3 is 2.27 bits per heavy atom. The molecule has 0 bridgehead atoms. The molecule has 0 saturated heterocycles. The Kier molecular flexibility index (Phi) is 8.32. The molecule has 0 aliphatic heterocycles. The van der Waals surface area contributed by atoms with Crippen LogP contribution in [0.4, 0.5) is 0 Å². The molecule has 5 N–H and O–H groups in total. The van der Waals surface area contributed by atoms with Crippen molar-refractivity contribution in [3.05, 3.63) is 0 Å². The molecule has 0 aromatic carbocycles. The normalized spacial score (nSPS) is 14.5. The number of amides is 2. The first-order valence-corrected chi connectivity index (χ1v) is 7.15. The molecule has 22 heavy (non-hydrogen) atoms. The van der Waals surface area contributed by atoms with Crippen LogP contribution in [0.1, 0.15) is 46.5 Å². The fourth-order valence-corrected chi connectivity index (χ4v) is 1.46. The monoisotopic (exact) mass is 315 g/mol. The third-order valence-corrected chi connectivity index (χ3v) is 3.25. The molecule has 0 heterocycles. The second-order valence-corrected chi connectivity index (χ2v) is 5.58. The highest BCUT2D eigenvalue weighted by atomic mass is 16.4. The number of carbonyl (C=O) groups excluding carboxylic acids is 3. The van der Waals surface area contributed by atoms with Gasteiger partial charge in [0.2, 0.25) is 11.8 Å². The molecule has 0 aliphatic carbocycles. The van der Waals surface area contributed by atoms with Gasteiger partial charge in [0.25, 0.3) is 0 Å². The van der Waals surface area contributed by atoms with E-state index in [0.29, 0.717) is 13.0 Å². The molecule has 1 unspecified atom stereocenters. The minimum atomic E-state index is -1.43. The smallest absolute Gasteiger partial charge is 0.323 e. The topological polar surface area (TPSA) is 139 Å². The number of rotatable bonds is 10. The zero-order valence-electron chi connectivity index (χ0n) is 13.3. The Bertz CT molecular complexity index is 434. The maximum absolute atomic E-state index is 11.5. The van der Waals surface area contributed by atoms with Crippen molar-refractivity contribution in [3.8, 4) is 0 Å². The molecule has 0 aromatic heterocycles. The maximum atomic E-state index is 11.5. The van der Waals surface area contributed by atoms with Crippen LogP contribution >= 0.6 is 0 Å². The molecule has 2 atom stereocenters. The summed E-state index contributed by atoms with van der Waals surface area (Å²) in [5, 5.41) is 13.9. The van der Waals surface area contributed by atoms with E-state index in [0.717, 1.165) is 0 Å². The summed E-state index contributed by atoms with van der Waals surface area (Å²) in [4.78, 5) is 44.8. The molecule has 0 fully saturated rings. The number of ketones is 1. The number of nitrogens with two attached hydrogens (primary N) is 1. The number of carboxylic acids is 1. The van der Waals surface area contributed by atoms with Gasteiger partial charge >= 0.3 is 5.97 Å². The Hall–Kier alpha value is -1.96. The van der Waals surface area contributed by atoms with Crippen molar-refractivity contribution in [3.63, 3.8) is 0 Å². The summed E-state index contributed by atoms with van der Waals surface area (Å²) in [6, 6.07) is -0.514. The molecule has 0 aliphatic rings. The van der Waals surface area contributed by atoms with E-state index in [2.05, 4.69) is 10.6 Å². The zero-order chi connectivity index (χ0) is 17.3. The summed E-state index contributed by atoms with van der Waals surface area (Å²) in [5.74, 6) is -1.84. The number of aliphatic carboxylic acids is 1. The van der Waals surface area contributed by atoms with Crippen molar-refractivity contribution in [1.82, 2.24) is 10.6 Å². The number of carbonyl (C=O) groups is 4. The summed E-state index contributed by atoms with van der Waals surface area (Å²) in [5.41, 5.74) is 4.08.